The molecule has 19 heavy (non-hydrogen) atoms. The lowest BCUT2D eigenvalue weighted by Gasteiger charge is -2.24. The van der Waals surface area contributed by atoms with Gasteiger partial charge in [0.2, 0.25) is 0 Å². The van der Waals surface area contributed by atoms with Gasteiger partial charge in [0.05, 0.1) is 12.6 Å². The van der Waals surface area contributed by atoms with Crippen LogP contribution in [0.4, 0.5) is 4.79 Å². The van der Waals surface area contributed by atoms with Gasteiger partial charge >= 0.3 is 6.09 Å². The van der Waals surface area contributed by atoms with Crippen molar-refractivity contribution in [1.82, 2.24) is 5.32 Å². The molecular formula is C14H25NO4. The van der Waals surface area contributed by atoms with Crippen LogP contribution in [0.25, 0.3) is 0 Å². The molecule has 2 atom stereocenters. The lowest BCUT2D eigenvalue weighted by Crippen LogP contribution is -2.48. The van der Waals surface area contributed by atoms with Crippen LogP contribution in [0, 0.1) is 5.92 Å². The maximum Gasteiger partial charge on any atom is 0.408 e. The summed E-state index contributed by atoms with van der Waals surface area (Å²) in [5.74, 6) is 0.221. The Bertz CT molecular complexity index is 353. The van der Waals surface area contributed by atoms with E-state index in [0.717, 1.165) is 0 Å². The molecule has 0 bridgehead atoms. The fourth-order valence-corrected chi connectivity index (χ4v) is 1.77. The van der Waals surface area contributed by atoms with Crippen molar-refractivity contribution in [2.24, 2.45) is 5.92 Å². The molecular weight excluding hydrogens is 246 g/mol. The van der Waals surface area contributed by atoms with Gasteiger partial charge in [-0.3, -0.25) is 4.79 Å². The van der Waals surface area contributed by atoms with Gasteiger partial charge in [0.15, 0.2) is 5.78 Å². The van der Waals surface area contributed by atoms with Crippen LogP contribution >= 0.6 is 0 Å². The van der Waals surface area contributed by atoms with Crippen LogP contribution in [0.15, 0.2) is 0 Å². The second-order valence-corrected chi connectivity index (χ2v) is 6.71. The van der Waals surface area contributed by atoms with Crippen molar-refractivity contribution in [3.05, 3.63) is 0 Å². The van der Waals surface area contributed by atoms with Crippen LogP contribution in [0.1, 0.15) is 48.0 Å². The highest BCUT2D eigenvalue weighted by Gasteiger charge is 2.50. The first kappa shape index (κ1) is 16.0. The van der Waals surface area contributed by atoms with Crippen molar-refractivity contribution in [1.29, 1.82) is 0 Å². The van der Waals surface area contributed by atoms with E-state index in [-0.39, 0.29) is 5.78 Å². The van der Waals surface area contributed by atoms with Gasteiger partial charge in [0.25, 0.3) is 0 Å². The molecule has 0 aliphatic carbocycles. The summed E-state index contributed by atoms with van der Waals surface area (Å²) in [6.07, 6.45) is 0.0209. The van der Waals surface area contributed by atoms with Crippen molar-refractivity contribution in [2.45, 2.75) is 65.2 Å². The van der Waals surface area contributed by atoms with E-state index in [4.69, 9.17) is 9.47 Å². The van der Waals surface area contributed by atoms with E-state index in [9.17, 15) is 9.59 Å². The van der Waals surface area contributed by atoms with Crippen LogP contribution in [-0.2, 0) is 14.3 Å². The van der Waals surface area contributed by atoms with E-state index in [1.165, 1.54) is 0 Å². The number of rotatable bonds is 5. The summed E-state index contributed by atoms with van der Waals surface area (Å²) in [6, 6.07) is -0.553. The van der Waals surface area contributed by atoms with Gasteiger partial charge in [-0.25, -0.2) is 4.79 Å². The van der Waals surface area contributed by atoms with E-state index in [1.807, 2.05) is 13.8 Å². The van der Waals surface area contributed by atoms with Crippen molar-refractivity contribution in [3.8, 4) is 0 Å². The van der Waals surface area contributed by atoms with Crippen LogP contribution in [0.3, 0.4) is 0 Å². The summed E-state index contributed by atoms with van der Waals surface area (Å²) in [6.45, 7) is 11.6. The largest absolute Gasteiger partial charge is 0.444 e. The standard InChI is InChI=1S/C14H25NO4/c1-9(2)7-10(11(16)14(6)8-18-14)15-12(17)19-13(3,4)5/h9-10H,7-8H2,1-6H3,(H,15,17)/t10-,14-/m1/s1. The number of epoxide rings is 1. The Balaban J connectivity index is 2.64. The van der Waals surface area contributed by atoms with E-state index in [1.54, 1.807) is 27.7 Å². The number of carbonyl (C=O) groups is 2. The molecule has 1 aliphatic heterocycles. The highest BCUT2D eigenvalue weighted by Crippen LogP contribution is 2.29. The first-order chi connectivity index (χ1) is 8.53. The Morgan fingerprint density at radius 2 is 1.89 bits per heavy atom. The quantitative estimate of drug-likeness (QED) is 0.779. The molecule has 1 aliphatic rings. The monoisotopic (exact) mass is 271 g/mol. The average Bonchev–Trinajstić information content (AvgIpc) is 2.92. The SMILES string of the molecule is CC(C)C[C@@H](NC(=O)OC(C)(C)C)C(=O)[C@@]1(C)CO1. The average molecular weight is 271 g/mol. The van der Waals surface area contributed by atoms with E-state index >= 15 is 0 Å². The summed E-state index contributed by atoms with van der Waals surface area (Å²) in [7, 11) is 0. The molecule has 1 amide bonds. The lowest BCUT2D eigenvalue weighted by atomic mass is 9.93. The Morgan fingerprint density at radius 3 is 2.26 bits per heavy atom. The summed E-state index contributed by atoms with van der Waals surface area (Å²) in [5.41, 5.74) is -1.30. The number of ether oxygens (including phenoxy) is 2. The van der Waals surface area contributed by atoms with Gasteiger partial charge < -0.3 is 14.8 Å². The van der Waals surface area contributed by atoms with Crippen molar-refractivity contribution in [3.63, 3.8) is 0 Å². The van der Waals surface area contributed by atoms with E-state index in [2.05, 4.69) is 5.32 Å². The zero-order valence-corrected chi connectivity index (χ0v) is 12.7. The zero-order valence-electron chi connectivity index (χ0n) is 12.7. The summed E-state index contributed by atoms with van der Waals surface area (Å²) < 4.78 is 10.4. The highest BCUT2D eigenvalue weighted by atomic mass is 16.6. The molecule has 1 rings (SSSR count). The molecule has 1 fully saturated rings. The molecule has 1 heterocycles. The second kappa shape index (κ2) is 5.49. The van der Waals surface area contributed by atoms with Crippen molar-refractivity contribution in [2.75, 3.05) is 6.61 Å². The third-order valence-electron chi connectivity index (χ3n) is 2.81. The van der Waals surface area contributed by atoms with Gasteiger partial charge in [-0.05, 0) is 40.0 Å². The second-order valence-electron chi connectivity index (χ2n) is 6.71. The Labute approximate surface area is 115 Å². The van der Waals surface area contributed by atoms with E-state index in [0.29, 0.717) is 18.9 Å². The number of Topliss-reactive ketones (excluding diaryl/α,β-unsaturated/α-hetero) is 1. The zero-order chi connectivity index (χ0) is 14.8. The minimum atomic E-state index is -0.728. The Morgan fingerprint density at radius 1 is 1.37 bits per heavy atom. The number of ketones is 1. The predicted molar refractivity (Wildman–Crippen MR) is 72.0 cm³/mol. The number of amides is 1. The summed E-state index contributed by atoms with van der Waals surface area (Å²) in [4.78, 5) is 24.0. The lowest BCUT2D eigenvalue weighted by molar-refractivity contribution is -0.126. The molecule has 0 aromatic heterocycles. The van der Waals surface area contributed by atoms with Gasteiger partial charge in [0.1, 0.15) is 11.2 Å². The van der Waals surface area contributed by atoms with Crippen molar-refractivity contribution < 1.29 is 19.1 Å². The molecule has 1 saturated heterocycles. The van der Waals surface area contributed by atoms with Gasteiger partial charge in [0, 0.05) is 0 Å². The minimum absolute atomic E-state index is 0.0768. The number of alkyl carbamates (subject to hydrolysis) is 1. The third kappa shape index (κ3) is 5.19. The summed E-state index contributed by atoms with van der Waals surface area (Å²) >= 11 is 0. The maximum atomic E-state index is 12.3. The van der Waals surface area contributed by atoms with Crippen LogP contribution in [0.5, 0.6) is 0 Å². The molecule has 5 heteroatoms. The Kier molecular flexibility index (Phi) is 4.61. The minimum Gasteiger partial charge on any atom is -0.444 e. The van der Waals surface area contributed by atoms with Gasteiger partial charge in [-0.2, -0.15) is 0 Å². The van der Waals surface area contributed by atoms with Crippen LogP contribution in [-0.4, -0.2) is 35.7 Å². The molecule has 0 aromatic carbocycles. The topological polar surface area (TPSA) is 67.9 Å². The molecule has 110 valence electrons. The highest BCUT2D eigenvalue weighted by molar-refractivity contribution is 5.95. The molecule has 0 unspecified atom stereocenters. The van der Waals surface area contributed by atoms with Crippen molar-refractivity contribution >= 4 is 11.9 Å². The van der Waals surface area contributed by atoms with Gasteiger partial charge in [-0.15, -0.1) is 0 Å². The van der Waals surface area contributed by atoms with Crippen LogP contribution < -0.4 is 5.32 Å². The van der Waals surface area contributed by atoms with Crippen LogP contribution in [0.2, 0.25) is 0 Å². The third-order valence-corrected chi connectivity index (χ3v) is 2.81. The first-order valence-electron chi connectivity index (χ1n) is 6.71. The molecule has 0 radical (unpaired) electrons. The molecule has 1 N–H and O–H groups in total. The fraction of sp³-hybridized carbons (Fsp3) is 0.857. The number of hydrogen-bond acceptors (Lipinski definition) is 4. The first-order valence-corrected chi connectivity index (χ1v) is 6.71. The number of hydrogen-bond donors (Lipinski definition) is 1. The fourth-order valence-electron chi connectivity index (χ4n) is 1.77. The number of carbonyl (C=O) groups excluding carboxylic acids is 2. The predicted octanol–water partition coefficient (Wildman–Crippen LogP) is 2.28. The van der Waals surface area contributed by atoms with Gasteiger partial charge in [-0.1, -0.05) is 13.8 Å². The molecule has 5 nitrogen and oxygen atoms in total. The smallest absolute Gasteiger partial charge is 0.408 e. The number of nitrogens with one attached hydrogen (secondary N) is 1. The normalized spacial score (nSPS) is 23.9. The maximum absolute atomic E-state index is 12.3. The molecule has 0 aromatic rings. The Hall–Kier alpha value is -1.10. The summed E-state index contributed by atoms with van der Waals surface area (Å²) in [5, 5.41) is 2.66. The molecule has 0 spiro atoms. The molecule has 0 saturated carbocycles. The van der Waals surface area contributed by atoms with E-state index < -0.39 is 23.3 Å².